The minimum absolute atomic E-state index is 0.185. The molecule has 0 atom stereocenters. The SMILES string of the molecule is CCC12COCCOCCOc3c4cc(C(C)(C)C)cc3Cc3cc(C(C)(C)C)cc(c3OCCOCCOC1)Cc1cc(C(C)(C)C)cc(c1OCCOCCOC2)Cc1cc(C(C)(C)C)cc(c1O)C4. The van der Waals surface area contributed by atoms with Gasteiger partial charge in [-0.25, -0.2) is 0 Å². The molecule has 0 aromatic heterocycles. The third-order valence-corrected chi connectivity index (χ3v) is 14.5. The van der Waals surface area contributed by atoms with E-state index in [-0.39, 0.29) is 27.1 Å². The largest absolute Gasteiger partial charge is 0.507 e. The van der Waals surface area contributed by atoms with Crippen LogP contribution in [0.5, 0.6) is 23.0 Å². The first kappa shape index (κ1) is 55.6. The number of hydrogen-bond donors (Lipinski definition) is 1. The van der Waals surface area contributed by atoms with Crippen LogP contribution in [0.2, 0.25) is 0 Å². The first-order chi connectivity index (χ1) is 34.0. The van der Waals surface area contributed by atoms with Gasteiger partial charge in [0.2, 0.25) is 0 Å². The van der Waals surface area contributed by atoms with Crippen molar-refractivity contribution in [3.8, 4) is 23.0 Å². The molecule has 7 rings (SSSR count). The fraction of sp³-hybridized carbons (Fsp3) is 0.613. The molecule has 2 aliphatic heterocycles. The second kappa shape index (κ2) is 23.6. The van der Waals surface area contributed by atoms with Crippen molar-refractivity contribution < 1.29 is 47.7 Å². The lowest BCUT2D eigenvalue weighted by atomic mass is 9.79. The minimum Gasteiger partial charge on any atom is -0.507 e. The number of phenolic OH excluding ortho intramolecular Hbond substituents is 1. The zero-order valence-electron chi connectivity index (χ0n) is 46.4. The summed E-state index contributed by atoms with van der Waals surface area (Å²) in [6.45, 7) is 35.4. The average Bonchev–Trinajstić information content (AvgIpc) is 3.29. The number of phenols is 1. The molecular weight excluding hydrogens is 905 g/mol. The van der Waals surface area contributed by atoms with Gasteiger partial charge in [-0.2, -0.15) is 0 Å². The highest BCUT2D eigenvalue weighted by Gasteiger charge is 2.32. The Morgan fingerprint density at radius 2 is 0.569 bits per heavy atom. The van der Waals surface area contributed by atoms with Gasteiger partial charge in [-0.3, -0.25) is 0 Å². The smallest absolute Gasteiger partial charge is 0.126 e. The maximum absolute atomic E-state index is 12.7. The van der Waals surface area contributed by atoms with E-state index in [1.54, 1.807) is 0 Å². The topological polar surface area (TPSA) is 103 Å². The van der Waals surface area contributed by atoms with Crippen LogP contribution >= 0.6 is 0 Å². The maximum Gasteiger partial charge on any atom is 0.126 e. The molecule has 0 spiro atoms. The zero-order chi connectivity index (χ0) is 51.9. The lowest BCUT2D eigenvalue weighted by Gasteiger charge is -2.32. The standard InChI is InChI=1S/C62H88O10/c1-14-62-39-67-18-15-64-21-24-70-55-44-27-42-31-50(58(2,3)4)32-43(54(42)63)28-45-34-52(60(8,9)10)36-47(56(45)71-25-22-65-16-19-68-40-62)30-49-38-53(61(11,12)13)37-48(29-46(55)35-51(33-44)59(5,6)7)57(49)72-26-23-66-17-20-69-41-62/h31-38,63H,14-30,39-41H2,1-13H3. The molecule has 0 saturated heterocycles. The van der Waals surface area contributed by atoms with Gasteiger partial charge in [-0.05, 0) is 94.8 Å². The van der Waals surface area contributed by atoms with Crippen molar-refractivity contribution in [2.45, 2.75) is 144 Å². The van der Waals surface area contributed by atoms with Crippen molar-refractivity contribution >= 4 is 0 Å². The van der Waals surface area contributed by atoms with Crippen LogP contribution in [0.15, 0.2) is 48.5 Å². The van der Waals surface area contributed by atoms with Crippen molar-refractivity contribution in [1.82, 2.24) is 0 Å². The van der Waals surface area contributed by atoms with Crippen LogP contribution in [0.1, 0.15) is 163 Å². The molecule has 1 N–H and O–H groups in total. The van der Waals surface area contributed by atoms with Crippen LogP contribution in [0.3, 0.4) is 0 Å². The van der Waals surface area contributed by atoms with Crippen molar-refractivity contribution in [2.75, 3.05) is 99.1 Å². The van der Waals surface area contributed by atoms with Crippen LogP contribution < -0.4 is 14.2 Å². The molecule has 0 unspecified atom stereocenters. The maximum atomic E-state index is 12.7. The Labute approximate surface area is 432 Å². The van der Waals surface area contributed by atoms with E-state index in [9.17, 15) is 5.11 Å². The summed E-state index contributed by atoms with van der Waals surface area (Å²) < 4.78 is 58.8. The minimum atomic E-state index is -0.362. The number of hydrogen-bond acceptors (Lipinski definition) is 10. The summed E-state index contributed by atoms with van der Waals surface area (Å²) in [6.07, 6.45) is 2.80. The Hall–Kier alpha value is -4.16. The second-order valence-corrected chi connectivity index (χ2v) is 24.6. The van der Waals surface area contributed by atoms with Gasteiger partial charge in [0.05, 0.1) is 79.3 Å². The van der Waals surface area contributed by atoms with E-state index in [4.69, 9.17) is 42.6 Å². The van der Waals surface area contributed by atoms with Gasteiger partial charge in [0.15, 0.2) is 0 Å². The molecule has 4 aromatic rings. The van der Waals surface area contributed by atoms with Gasteiger partial charge in [0.25, 0.3) is 0 Å². The quantitative estimate of drug-likeness (QED) is 0.163. The molecule has 0 amide bonds. The molecule has 3 aliphatic rings. The molecule has 0 saturated carbocycles. The van der Waals surface area contributed by atoms with Crippen molar-refractivity contribution in [3.05, 3.63) is 115 Å². The average molecular weight is 993 g/mol. The molecule has 72 heavy (non-hydrogen) atoms. The number of fused-ring (bicyclic) bond motifs is 10. The number of ether oxygens (including phenoxy) is 9. The Kier molecular flexibility index (Phi) is 18.2. The van der Waals surface area contributed by atoms with Crippen LogP contribution in [0.25, 0.3) is 0 Å². The highest BCUT2D eigenvalue weighted by atomic mass is 16.6. The predicted molar refractivity (Wildman–Crippen MR) is 288 cm³/mol. The molecule has 10 heteroatoms. The first-order valence-corrected chi connectivity index (χ1v) is 26.7. The summed E-state index contributed by atoms with van der Waals surface area (Å²) in [7, 11) is 0. The van der Waals surface area contributed by atoms with Gasteiger partial charge >= 0.3 is 0 Å². The summed E-state index contributed by atoms with van der Waals surface area (Å²) in [5, 5.41) is 12.7. The van der Waals surface area contributed by atoms with Gasteiger partial charge in [0, 0.05) is 31.1 Å². The Bertz CT molecular complexity index is 2310. The highest BCUT2D eigenvalue weighted by molar-refractivity contribution is 5.59. The lowest BCUT2D eigenvalue weighted by Crippen LogP contribution is -2.38. The molecule has 2 heterocycles. The zero-order valence-corrected chi connectivity index (χ0v) is 46.4. The fourth-order valence-corrected chi connectivity index (χ4v) is 9.75. The summed E-state index contributed by atoms with van der Waals surface area (Å²) in [5.74, 6) is 2.76. The Morgan fingerprint density at radius 3 is 0.819 bits per heavy atom. The van der Waals surface area contributed by atoms with E-state index < -0.39 is 0 Å². The third kappa shape index (κ3) is 14.4. The van der Waals surface area contributed by atoms with Crippen molar-refractivity contribution in [3.63, 3.8) is 0 Å². The summed E-state index contributed by atoms with van der Waals surface area (Å²) in [5.41, 5.74) is 11.6. The van der Waals surface area contributed by atoms with Crippen molar-refractivity contribution in [2.24, 2.45) is 5.41 Å². The Morgan fingerprint density at radius 1 is 0.347 bits per heavy atom. The van der Waals surface area contributed by atoms with Crippen LogP contribution in [-0.2, 0) is 75.8 Å². The van der Waals surface area contributed by atoms with Gasteiger partial charge in [-0.15, -0.1) is 0 Å². The Balaban J connectivity index is 1.54. The molecule has 4 aromatic carbocycles. The number of aromatic hydroxyl groups is 1. The fourth-order valence-electron chi connectivity index (χ4n) is 9.75. The van der Waals surface area contributed by atoms with Gasteiger partial charge in [-0.1, -0.05) is 139 Å². The van der Waals surface area contributed by atoms with E-state index in [2.05, 4.69) is 139 Å². The van der Waals surface area contributed by atoms with Crippen molar-refractivity contribution in [1.29, 1.82) is 0 Å². The molecule has 0 fully saturated rings. The summed E-state index contributed by atoms with van der Waals surface area (Å²) in [6, 6.07) is 18.3. The molecule has 12 bridgehead atoms. The van der Waals surface area contributed by atoms with E-state index in [1.807, 2.05) is 0 Å². The highest BCUT2D eigenvalue weighted by Crippen LogP contribution is 2.44. The molecule has 10 nitrogen and oxygen atoms in total. The number of rotatable bonds is 1. The van der Waals surface area contributed by atoms with Crippen LogP contribution in [-0.4, -0.2) is 104 Å². The second-order valence-electron chi connectivity index (χ2n) is 24.6. The van der Waals surface area contributed by atoms with E-state index >= 15 is 0 Å². The summed E-state index contributed by atoms with van der Waals surface area (Å²) >= 11 is 0. The molecule has 1 aliphatic carbocycles. The molecule has 0 radical (unpaired) electrons. The summed E-state index contributed by atoms with van der Waals surface area (Å²) in [4.78, 5) is 0. The molecular formula is C62H88O10. The monoisotopic (exact) mass is 993 g/mol. The third-order valence-electron chi connectivity index (χ3n) is 14.5. The lowest BCUT2D eigenvalue weighted by molar-refractivity contribution is -0.0902. The van der Waals surface area contributed by atoms with Crippen LogP contribution in [0, 0.1) is 5.41 Å². The van der Waals surface area contributed by atoms with E-state index in [0.717, 1.165) is 73.7 Å². The predicted octanol–water partition coefficient (Wildman–Crippen LogP) is 11.9. The normalized spacial score (nSPS) is 18.6. The van der Waals surface area contributed by atoms with E-state index in [0.29, 0.717) is 131 Å². The van der Waals surface area contributed by atoms with Gasteiger partial charge < -0.3 is 47.7 Å². The number of benzene rings is 4. The van der Waals surface area contributed by atoms with E-state index in [1.165, 1.54) is 16.7 Å². The molecule has 396 valence electrons. The first-order valence-electron chi connectivity index (χ1n) is 26.7. The van der Waals surface area contributed by atoms with Crippen LogP contribution in [0.4, 0.5) is 0 Å². The van der Waals surface area contributed by atoms with Gasteiger partial charge in [0.1, 0.15) is 42.8 Å².